The van der Waals surface area contributed by atoms with Gasteiger partial charge in [-0.25, -0.2) is 8.78 Å². The Labute approximate surface area is 163 Å². The van der Waals surface area contributed by atoms with Gasteiger partial charge in [0.2, 0.25) is 0 Å². The predicted octanol–water partition coefficient (Wildman–Crippen LogP) is 4.02. The maximum Gasteiger partial charge on any atom is 0.254 e. The maximum atomic E-state index is 13.4. The molecule has 1 N–H and O–H groups in total. The fourth-order valence-electron chi connectivity index (χ4n) is 3.41. The molecule has 2 aromatic carbocycles. The van der Waals surface area contributed by atoms with Crippen LogP contribution in [0.1, 0.15) is 40.7 Å². The van der Waals surface area contributed by atoms with Crippen LogP contribution < -0.4 is 4.74 Å². The van der Waals surface area contributed by atoms with Crippen LogP contribution in [0.2, 0.25) is 0 Å². The summed E-state index contributed by atoms with van der Waals surface area (Å²) in [5.74, 6) is -1.30. The van der Waals surface area contributed by atoms with Crippen LogP contribution in [0.25, 0.3) is 0 Å². The van der Waals surface area contributed by atoms with E-state index in [0.29, 0.717) is 38.1 Å². The number of hydrogen-bond donors (Lipinski definition) is 1. The molecule has 1 unspecified atom stereocenters. The average molecular weight is 389 g/mol. The largest absolute Gasteiger partial charge is 0.491 e. The predicted molar refractivity (Wildman–Crippen MR) is 102 cm³/mol. The Kier molecular flexibility index (Phi) is 5.98. The molecule has 1 atom stereocenters. The van der Waals surface area contributed by atoms with Crippen LogP contribution in [0, 0.1) is 25.5 Å². The van der Waals surface area contributed by atoms with E-state index in [2.05, 4.69) is 0 Å². The van der Waals surface area contributed by atoms with Gasteiger partial charge in [0, 0.05) is 24.7 Å². The summed E-state index contributed by atoms with van der Waals surface area (Å²) in [5, 5.41) is 10.9. The van der Waals surface area contributed by atoms with Crippen molar-refractivity contribution >= 4 is 5.91 Å². The van der Waals surface area contributed by atoms with Gasteiger partial charge in [-0.3, -0.25) is 4.79 Å². The second-order valence-corrected chi connectivity index (χ2v) is 7.56. The lowest BCUT2D eigenvalue weighted by molar-refractivity contribution is -0.0163. The third-order valence-electron chi connectivity index (χ3n) is 5.30. The third-order valence-corrected chi connectivity index (χ3v) is 5.30. The summed E-state index contributed by atoms with van der Waals surface area (Å²) in [6.45, 7) is 4.87. The number of nitrogens with zero attached hydrogens (tertiary/aromatic N) is 1. The molecule has 6 heteroatoms. The molecule has 3 rings (SSSR count). The molecule has 0 bridgehead atoms. The highest BCUT2D eigenvalue weighted by Crippen LogP contribution is 2.26. The summed E-state index contributed by atoms with van der Waals surface area (Å²) < 4.78 is 32.6. The van der Waals surface area contributed by atoms with Gasteiger partial charge in [-0.2, -0.15) is 0 Å². The van der Waals surface area contributed by atoms with Gasteiger partial charge < -0.3 is 14.7 Å². The molecule has 1 aliphatic heterocycles. The van der Waals surface area contributed by atoms with Crippen LogP contribution in [0.4, 0.5) is 8.78 Å². The van der Waals surface area contributed by atoms with Crippen molar-refractivity contribution in [3.05, 3.63) is 64.7 Å². The Balaban J connectivity index is 1.63. The summed E-state index contributed by atoms with van der Waals surface area (Å²) in [5.41, 5.74) is 1.21. The van der Waals surface area contributed by atoms with Gasteiger partial charge in [0.15, 0.2) is 0 Å². The Morgan fingerprint density at radius 3 is 2.46 bits per heavy atom. The van der Waals surface area contributed by atoms with Crippen molar-refractivity contribution in [3.63, 3.8) is 0 Å². The fraction of sp³-hybridized carbons (Fsp3) is 0.409. The smallest absolute Gasteiger partial charge is 0.254 e. The number of hydrogen-bond acceptors (Lipinski definition) is 3. The van der Waals surface area contributed by atoms with E-state index in [1.165, 1.54) is 10.5 Å². The number of aliphatic hydroxyl groups is 1. The number of likely N-dealkylation sites (tertiary alicyclic amines) is 1. The Morgan fingerprint density at radius 2 is 1.79 bits per heavy atom. The second kappa shape index (κ2) is 8.27. The molecule has 0 aromatic heterocycles. The van der Waals surface area contributed by atoms with Crippen LogP contribution in [0.15, 0.2) is 36.4 Å². The van der Waals surface area contributed by atoms with Crippen molar-refractivity contribution < 1.29 is 23.4 Å². The Morgan fingerprint density at radius 1 is 1.07 bits per heavy atom. The van der Waals surface area contributed by atoms with Crippen LogP contribution in [0.3, 0.4) is 0 Å². The lowest BCUT2D eigenvalue weighted by Gasteiger charge is -2.27. The molecule has 2 aromatic rings. The van der Waals surface area contributed by atoms with E-state index in [-0.39, 0.29) is 12.2 Å². The first-order valence-electron chi connectivity index (χ1n) is 9.44. The summed E-state index contributed by atoms with van der Waals surface area (Å²) in [6, 6.07) is 8.58. The highest BCUT2D eigenvalue weighted by Gasteiger charge is 2.32. The average Bonchev–Trinajstić information content (AvgIpc) is 2.83. The summed E-state index contributed by atoms with van der Waals surface area (Å²) in [6.07, 6.45) is 1.40. The van der Waals surface area contributed by atoms with Crippen molar-refractivity contribution in [3.8, 4) is 5.75 Å². The second-order valence-electron chi connectivity index (χ2n) is 7.56. The first-order valence-corrected chi connectivity index (χ1v) is 9.44. The first kappa shape index (κ1) is 20.3. The number of rotatable bonds is 4. The quantitative estimate of drug-likeness (QED) is 0.859. The molecule has 0 saturated carbocycles. The summed E-state index contributed by atoms with van der Waals surface area (Å²) in [7, 11) is 0. The normalized spacial score (nSPS) is 20.0. The Bertz CT molecular complexity index is 851. The minimum atomic E-state index is -1.05. The molecule has 4 nitrogen and oxygen atoms in total. The van der Waals surface area contributed by atoms with Gasteiger partial charge in [0.25, 0.3) is 5.91 Å². The highest BCUT2D eigenvalue weighted by molar-refractivity contribution is 5.94. The number of amides is 1. The van der Waals surface area contributed by atoms with E-state index >= 15 is 0 Å². The number of carbonyl (C=O) groups is 1. The number of aryl methyl sites for hydroxylation is 2. The summed E-state index contributed by atoms with van der Waals surface area (Å²) >= 11 is 0. The zero-order chi connectivity index (χ0) is 20.3. The third kappa shape index (κ3) is 4.87. The monoisotopic (exact) mass is 389 g/mol. The fourth-order valence-corrected chi connectivity index (χ4v) is 3.41. The van der Waals surface area contributed by atoms with E-state index in [4.69, 9.17) is 4.74 Å². The number of benzene rings is 2. The van der Waals surface area contributed by atoms with Gasteiger partial charge in [0.05, 0.1) is 0 Å². The van der Waals surface area contributed by atoms with Crippen molar-refractivity contribution in [2.75, 3.05) is 19.7 Å². The van der Waals surface area contributed by atoms with Crippen LogP contribution >= 0.6 is 0 Å². The lowest BCUT2D eigenvalue weighted by Crippen LogP contribution is -2.38. The molecular formula is C22H25F2NO3. The molecule has 0 radical (unpaired) electrons. The molecule has 1 heterocycles. The SMILES string of the molecule is Cc1ccc(OCC2(O)CCCN(C(=O)c3cc(F)cc(F)c3)CC2)cc1C. The lowest BCUT2D eigenvalue weighted by atomic mass is 9.96. The van der Waals surface area contributed by atoms with Gasteiger partial charge in [-0.15, -0.1) is 0 Å². The van der Waals surface area contributed by atoms with Crippen LogP contribution in [-0.4, -0.2) is 41.2 Å². The topological polar surface area (TPSA) is 49.8 Å². The molecule has 150 valence electrons. The van der Waals surface area contributed by atoms with E-state index in [9.17, 15) is 18.7 Å². The molecule has 1 saturated heterocycles. The molecule has 1 aliphatic rings. The van der Waals surface area contributed by atoms with Gasteiger partial charge in [0.1, 0.15) is 29.6 Å². The Hall–Kier alpha value is -2.47. The van der Waals surface area contributed by atoms with Gasteiger partial charge in [-0.05, 0) is 68.5 Å². The van der Waals surface area contributed by atoms with Crippen molar-refractivity contribution in [2.24, 2.45) is 0 Å². The maximum absolute atomic E-state index is 13.4. The van der Waals surface area contributed by atoms with Gasteiger partial charge >= 0.3 is 0 Å². The van der Waals surface area contributed by atoms with E-state index in [1.807, 2.05) is 32.0 Å². The summed E-state index contributed by atoms with van der Waals surface area (Å²) in [4.78, 5) is 14.1. The number of ether oxygens (including phenoxy) is 1. The van der Waals surface area contributed by atoms with Crippen molar-refractivity contribution in [2.45, 2.75) is 38.7 Å². The minimum Gasteiger partial charge on any atom is -0.491 e. The zero-order valence-electron chi connectivity index (χ0n) is 16.2. The van der Waals surface area contributed by atoms with Crippen molar-refractivity contribution in [1.82, 2.24) is 4.90 Å². The molecular weight excluding hydrogens is 364 g/mol. The molecule has 0 aliphatic carbocycles. The first-order chi connectivity index (χ1) is 13.3. The molecule has 0 spiro atoms. The zero-order valence-corrected chi connectivity index (χ0v) is 16.2. The minimum absolute atomic E-state index is 0.0191. The van der Waals surface area contributed by atoms with Gasteiger partial charge in [-0.1, -0.05) is 6.07 Å². The van der Waals surface area contributed by atoms with Crippen molar-refractivity contribution in [1.29, 1.82) is 0 Å². The molecule has 28 heavy (non-hydrogen) atoms. The highest BCUT2D eigenvalue weighted by atomic mass is 19.1. The van der Waals surface area contributed by atoms with E-state index < -0.39 is 23.1 Å². The van der Waals surface area contributed by atoms with Crippen LogP contribution in [-0.2, 0) is 0 Å². The number of halogens is 2. The molecule has 1 fully saturated rings. The van der Waals surface area contributed by atoms with Crippen LogP contribution in [0.5, 0.6) is 5.75 Å². The van der Waals surface area contributed by atoms with E-state index in [1.54, 1.807) is 0 Å². The standard InChI is InChI=1S/C22H25F2NO3/c1-15-4-5-20(10-16(15)2)28-14-22(27)6-3-8-25(9-7-22)21(26)17-11-18(23)13-19(24)12-17/h4-5,10-13,27H,3,6-9,14H2,1-2H3. The van der Waals surface area contributed by atoms with E-state index in [0.717, 1.165) is 23.8 Å². The number of carbonyl (C=O) groups excluding carboxylic acids is 1. The molecule has 1 amide bonds.